The molecule has 0 aromatic rings. The number of ether oxygens (including phenoxy) is 2. The van der Waals surface area contributed by atoms with Crippen LogP contribution in [0, 0.1) is 50.2 Å². The molecule has 4 fully saturated rings. The highest BCUT2D eigenvalue weighted by atomic mass is 16.6. The van der Waals surface area contributed by atoms with Gasteiger partial charge in [0.1, 0.15) is 6.10 Å². The Bertz CT molecular complexity index is 1250. The fraction of sp³-hybridized carbons (Fsp3) is 0.816. The molecule has 11 unspecified atom stereocenters. The molecule has 0 aromatic heterocycles. The Morgan fingerprint density at radius 1 is 0.955 bits per heavy atom. The van der Waals surface area contributed by atoms with Gasteiger partial charge < -0.3 is 24.8 Å². The van der Waals surface area contributed by atoms with E-state index in [1.807, 2.05) is 6.92 Å². The Labute approximate surface area is 266 Å². The molecule has 248 valence electrons. The lowest BCUT2D eigenvalue weighted by atomic mass is 9.33. The van der Waals surface area contributed by atoms with E-state index in [0.717, 1.165) is 32.1 Å². The summed E-state index contributed by atoms with van der Waals surface area (Å²) in [5.74, 6) is 0.748. The van der Waals surface area contributed by atoms with Crippen LogP contribution < -0.4 is 0 Å². The first kappa shape index (κ1) is 33.7. The molecule has 0 radical (unpaired) electrons. The SMILES string of the molecule is C=C(C)OC1C(OC(=O)C(C)=CC)C2(CO)C(O)CC3(C)C(=CCC4C5(C)CCC(O)C(C)(C)C5CCC43C)C2CC1(C)C. The van der Waals surface area contributed by atoms with Gasteiger partial charge in [-0.3, -0.25) is 0 Å². The summed E-state index contributed by atoms with van der Waals surface area (Å²) in [6, 6.07) is 0. The van der Waals surface area contributed by atoms with Gasteiger partial charge in [-0.05, 0) is 105 Å². The molecule has 5 rings (SSSR count). The van der Waals surface area contributed by atoms with Crippen LogP contribution in [0.25, 0.3) is 0 Å². The van der Waals surface area contributed by atoms with Crippen LogP contribution in [-0.2, 0) is 14.3 Å². The minimum Gasteiger partial charge on any atom is -0.491 e. The van der Waals surface area contributed by atoms with Crippen molar-refractivity contribution in [2.75, 3.05) is 6.61 Å². The van der Waals surface area contributed by atoms with Crippen molar-refractivity contribution in [3.05, 3.63) is 35.6 Å². The van der Waals surface area contributed by atoms with Crippen LogP contribution in [-0.4, -0.2) is 52.3 Å². The fourth-order valence-corrected chi connectivity index (χ4v) is 11.8. The number of fused-ring (bicyclic) bond motifs is 7. The number of aliphatic hydroxyl groups is 3. The van der Waals surface area contributed by atoms with Crippen LogP contribution in [0.2, 0.25) is 0 Å². The van der Waals surface area contributed by atoms with Gasteiger partial charge in [-0.2, -0.15) is 0 Å². The highest BCUT2D eigenvalue weighted by Crippen LogP contribution is 2.76. The third kappa shape index (κ3) is 4.39. The molecule has 6 heteroatoms. The predicted octanol–water partition coefficient (Wildman–Crippen LogP) is 7.13. The van der Waals surface area contributed by atoms with E-state index in [1.165, 1.54) is 5.57 Å². The van der Waals surface area contributed by atoms with Crippen LogP contribution in [0.3, 0.4) is 0 Å². The van der Waals surface area contributed by atoms with Gasteiger partial charge in [0.2, 0.25) is 0 Å². The molecule has 0 saturated heterocycles. The average Bonchev–Trinajstić information content (AvgIpc) is 2.92. The Balaban J connectivity index is 1.65. The Morgan fingerprint density at radius 3 is 2.20 bits per heavy atom. The maximum absolute atomic E-state index is 13.4. The highest BCUT2D eigenvalue weighted by molar-refractivity contribution is 5.87. The normalized spacial score (nSPS) is 47.6. The molecule has 0 bridgehead atoms. The summed E-state index contributed by atoms with van der Waals surface area (Å²) in [4.78, 5) is 13.4. The van der Waals surface area contributed by atoms with Crippen molar-refractivity contribution < 1.29 is 29.6 Å². The van der Waals surface area contributed by atoms with Crippen LogP contribution in [0.15, 0.2) is 35.6 Å². The molecule has 11 atom stereocenters. The van der Waals surface area contributed by atoms with Crippen molar-refractivity contribution in [1.82, 2.24) is 0 Å². The summed E-state index contributed by atoms with van der Waals surface area (Å²) < 4.78 is 12.7. The lowest BCUT2D eigenvalue weighted by Gasteiger charge is -2.72. The maximum atomic E-state index is 13.4. The summed E-state index contributed by atoms with van der Waals surface area (Å²) in [6.45, 7) is 25.2. The largest absolute Gasteiger partial charge is 0.491 e. The minimum atomic E-state index is -1.11. The van der Waals surface area contributed by atoms with E-state index in [-0.39, 0.29) is 40.3 Å². The van der Waals surface area contributed by atoms with E-state index < -0.39 is 35.1 Å². The van der Waals surface area contributed by atoms with Gasteiger partial charge in [0, 0.05) is 11.0 Å². The summed E-state index contributed by atoms with van der Waals surface area (Å²) in [6.07, 6.45) is 7.66. The second-order valence-corrected chi connectivity index (χ2v) is 17.4. The Kier molecular flexibility index (Phi) is 8.20. The first-order chi connectivity index (χ1) is 20.3. The van der Waals surface area contributed by atoms with Crippen LogP contribution >= 0.6 is 0 Å². The monoisotopic (exact) mass is 612 g/mol. The van der Waals surface area contributed by atoms with Crippen LogP contribution in [0.4, 0.5) is 0 Å². The average molecular weight is 613 g/mol. The van der Waals surface area contributed by atoms with E-state index in [0.29, 0.717) is 36.0 Å². The van der Waals surface area contributed by atoms with Gasteiger partial charge in [0.15, 0.2) is 6.10 Å². The van der Waals surface area contributed by atoms with E-state index in [4.69, 9.17) is 9.47 Å². The zero-order valence-corrected chi connectivity index (χ0v) is 29.1. The third-order valence-electron chi connectivity index (χ3n) is 14.6. The molecule has 5 aliphatic carbocycles. The third-order valence-corrected chi connectivity index (χ3v) is 14.6. The number of esters is 1. The Hall–Kier alpha value is -1.63. The van der Waals surface area contributed by atoms with Crippen molar-refractivity contribution >= 4 is 5.97 Å². The minimum absolute atomic E-state index is 0.0633. The number of hydrogen-bond donors (Lipinski definition) is 3. The zero-order valence-electron chi connectivity index (χ0n) is 29.1. The number of carbonyl (C=O) groups excluding carboxylic acids is 1. The standard InChI is InChI=1S/C38H60O6/c1-12-23(4)32(42)44-31-30(43-22(2)3)33(5,6)19-25-24-13-14-27-35(9)17-16-28(40)34(7,8)26(35)15-18-36(27,10)37(24,11)20-29(41)38(25,31)21-39/h12-13,25-31,39-41H,2,14-21H2,1,3-11H3. The van der Waals surface area contributed by atoms with Crippen LogP contribution in [0.1, 0.15) is 114 Å². The number of carbonyl (C=O) groups is 1. The molecule has 0 spiro atoms. The van der Waals surface area contributed by atoms with E-state index in [9.17, 15) is 20.1 Å². The second kappa shape index (κ2) is 10.7. The number of allylic oxidation sites excluding steroid dienone is 4. The first-order valence-electron chi connectivity index (χ1n) is 17.1. The number of hydrogen-bond acceptors (Lipinski definition) is 6. The van der Waals surface area contributed by atoms with Gasteiger partial charge in [0.05, 0.1) is 30.0 Å². The topological polar surface area (TPSA) is 96.2 Å². The summed E-state index contributed by atoms with van der Waals surface area (Å²) >= 11 is 0. The van der Waals surface area contributed by atoms with Gasteiger partial charge in [0.25, 0.3) is 0 Å². The van der Waals surface area contributed by atoms with Gasteiger partial charge >= 0.3 is 5.97 Å². The molecule has 0 aliphatic heterocycles. The summed E-state index contributed by atoms with van der Waals surface area (Å²) in [7, 11) is 0. The molecule has 0 aromatic carbocycles. The summed E-state index contributed by atoms with van der Waals surface area (Å²) in [5, 5.41) is 34.9. The van der Waals surface area contributed by atoms with Crippen molar-refractivity contribution in [3.63, 3.8) is 0 Å². The van der Waals surface area contributed by atoms with E-state index in [1.54, 1.807) is 19.9 Å². The van der Waals surface area contributed by atoms with Gasteiger partial charge in [-0.15, -0.1) is 0 Å². The second-order valence-electron chi connectivity index (χ2n) is 17.4. The molecule has 0 heterocycles. The lowest BCUT2D eigenvalue weighted by molar-refractivity contribution is -0.264. The molecule has 5 aliphatic rings. The van der Waals surface area contributed by atoms with Crippen molar-refractivity contribution in [3.8, 4) is 0 Å². The first-order valence-corrected chi connectivity index (χ1v) is 17.1. The number of rotatable bonds is 5. The van der Waals surface area contributed by atoms with Crippen LogP contribution in [0.5, 0.6) is 0 Å². The molecular formula is C38H60O6. The van der Waals surface area contributed by atoms with Crippen molar-refractivity contribution in [1.29, 1.82) is 0 Å². The molecule has 6 nitrogen and oxygen atoms in total. The molecular weight excluding hydrogens is 552 g/mol. The van der Waals surface area contributed by atoms with Gasteiger partial charge in [-0.1, -0.05) is 72.8 Å². The predicted molar refractivity (Wildman–Crippen MR) is 173 cm³/mol. The Morgan fingerprint density at radius 2 is 1.61 bits per heavy atom. The van der Waals surface area contributed by atoms with Crippen molar-refractivity contribution in [2.24, 2.45) is 50.2 Å². The molecule has 4 saturated carbocycles. The molecule has 3 N–H and O–H groups in total. The summed E-state index contributed by atoms with van der Waals surface area (Å²) in [5.41, 5.74) is -0.132. The van der Waals surface area contributed by atoms with Gasteiger partial charge in [-0.25, -0.2) is 4.79 Å². The number of aliphatic hydroxyl groups excluding tert-OH is 3. The zero-order chi connectivity index (χ0) is 32.8. The van der Waals surface area contributed by atoms with E-state index in [2.05, 4.69) is 61.1 Å². The quantitative estimate of drug-likeness (QED) is 0.132. The molecule has 44 heavy (non-hydrogen) atoms. The van der Waals surface area contributed by atoms with E-state index >= 15 is 0 Å². The van der Waals surface area contributed by atoms with Crippen molar-refractivity contribution in [2.45, 2.75) is 139 Å². The molecule has 0 amide bonds. The smallest absolute Gasteiger partial charge is 0.333 e. The lowest BCUT2D eigenvalue weighted by Crippen LogP contribution is -2.72. The fourth-order valence-electron chi connectivity index (χ4n) is 11.8. The maximum Gasteiger partial charge on any atom is 0.333 e. The highest BCUT2D eigenvalue weighted by Gasteiger charge is 2.73.